The lowest BCUT2D eigenvalue weighted by Crippen LogP contribution is -2.51. The molecule has 1 saturated heterocycles. The van der Waals surface area contributed by atoms with Crippen LogP contribution in [0.3, 0.4) is 0 Å². The summed E-state index contributed by atoms with van der Waals surface area (Å²) in [5.41, 5.74) is 2.77. The third-order valence-electron chi connectivity index (χ3n) is 6.33. The van der Waals surface area contributed by atoms with Gasteiger partial charge in [-0.1, -0.05) is 18.2 Å². The fraction of sp³-hybridized carbons (Fsp3) is 0.364. The van der Waals surface area contributed by atoms with E-state index >= 15 is 0 Å². The number of amidine groups is 1. The van der Waals surface area contributed by atoms with Gasteiger partial charge in [-0.3, -0.25) is 14.5 Å². The van der Waals surface area contributed by atoms with Crippen molar-refractivity contribution in [2.45, 2.75) is 29.1 Å². The van der Waals surface area contributed by atoms with Gasteiger partial charge >= 0.3 is 0 Å². The molecule has 0 atom stereocenters. The van der Waals surface area contributed by atoms with E-state index < -0.39 is 20.0 Å². The second-order valence-corrected chi connectivity index (χ2v) is 11.9. The van der Waals surface area contributed by atoms with Crippen molar-refractivity contribution in [2.24, 2.45) is 4.99 Å². The summed E-state index contributed by atoms with van der Waals surface area (Å²) in [6.45, 7) is 0.713. The van der Waals surface area contributed by atoms with Crippen LogP contribution in [0.15, 0.2) is 57.2 Å². The predicted octanol–water partition coefficient (Wildman–Crippen LogP) is 0.747. The summed E-state index contributed by atoms with van der Waals surface area (Å²) in [5.74, 6) is -0.127. The highest BCUT2D eigenvalue weighted by atomic mass is 32.2. The van der Waals surface area contributed by atoms with Crippen molar-refractivity contribution >= 4 is 31.8 Å². The van der Waals surface area contributed by atoms with E-state index in [1.165, 1.54) is 15.9 Å². The number of carbonyl (C=O) groups excluding carboxylic acids is 1. The van der Waals surface area contributed by atoms with Crippen molar-refractivity contribution in [1.29, 1.82) is 0 Å². The smallest absolute Gasteiger partial charge is 0.263 e. The fourth-order valence-electron chi connectivity index (χ4n) is 4.53. The number of carbonyl (C=O) groups is 1. The van der Waals surface area contributed by atoms with Gasteiger partial charge in [0.15, 0.2) is 0 Å². The van der Waals surface area contributed by atoms with E-state index in [1.807, 2.05) is 6.07 Å². The zero-order valence-electron chi connectivity index (χ0n) is 17.9. The van der Waals surface area contributed by atoms with E-state index in [9.17, 15) is 21.6 Å². The molecule has 2 aliphatic heterocycles. The average molecular weight is 489 g/mol. The van der Waals surface area contributed by atoms with E-state index in [-0.39, 0.29) is 49.4 Å². The Bertz CT molecular complexity index is 1360. The molecule has 0 spiro atoms. The van der Waals surface area contributed by atoms with Gasteiger partial charge in [-0.2, -0.15) is 4.31 Å². The summed E-state index contributed by atoms with van der Waals surface area (Å²) in [6, 6.07) is 11.8. The van der Waals surface area contributed by atoms with Gasteiger partial charge in [0, 0.05) is 31.7 Å². The number of amides is 1. The molecule has 5 rings (SSSR count). The number of aliphatic imine (C=N–C) groups is 1. The summed E-state index contributed by atoms with van der Waals surface area (Å²) >= 11 is 0. The maximum Gasteiger partial charge on any atom is 0.263 e. The Hall–Kier alpha value is -2.76. The number of hydrogen-bond acceptors (Lipinski definition) is 6. The summed E-state index contributed by atoms with van der Waals surface area (Å²) in [7, 11) is -7.27. The van der Waals surface area contributed by atoms with E-state index in [0.29, 0.717) is 10.5 Å². The summed E-state index contributed by atoms with van der Waals surface area (Å²) in [5, 5.41) is 0. The van der Waals surface area contributed by atoms with Crippen molar-refractivity contribution in [1.82, 2.24) is 13.9 Å². The van der Waals surface area contributed by atoms with Crippen molar-refractivity contribution in [3.05, 3.63) is 59.2 Å². The Morgan fingerprint density at radius 3 is 2.52 bits per heavy atom. The molecular weight excluding hydrogens is 464 g/mol. The number of rotatable bonds is 4. The molecule has 2 aromatic carbocycles. The molecular formula is C22H24N4O5S2. The monoisotopic (exact) mass is 488 g/mol. The summed E-state index contributed by atoms with van der Waals surface area (Å²) < 4.78 is 54.3. The highest BCUT2D eigenvalue weighted by molar-refractivity contribution is 7.90. The molecule has 0 aromatic heterocycles. The summed E-state index contributed by atoms with van der Waals surface area (Å²) in [6.07, 6.45) is 2.95. The van der Waals surface area contributed by atoms with Gasteiger partial charge in [0.2, 0.25) is 15.9 Å². The fourth-order valence-corrected chi connectivity index (χ4v) is 7.26. The Labute approximate surface area is 193 Å². The van der Waals surface area contributed by atoms with Crippen LogP contribution in [0.25, 0.3) is 0 Å². The van der Waals surface area contributed by atoms with E-state index in [1.54, 1.807) is 35.2 Å². The molecule has 174 valence electrons. The third kappa shape index (κ3) is 4.04. The molecule has 1 aliphatic carbocycles. The van der Waals surface area contributed by atoms with Crippen LogP contribution in [0.1, 0.15) is 23.1 Å². The first-order valence-electron chi connectivity index (χ1n) is 10.8. The number of fused-ring (bicyclic) bond motifs is 2. The van der Waals surface area contributed by atoms with Crippen LogP contribution in [-0.4, -0.2) is 70.5 Å². The first kappa shape index (κ1) is 22.1. The standard InChI is InChI=1S/C22H24N4O5S2/c27-21(15-23-22-19-6-1-2-7-20(19)32(28,29)24-22)25-10-12-26(13-11-25)33(30,31)18-9-8-16-4-3-5-17(16)14-18/h1-2,6-9,14H,3-5,10-13,15H2,(H,23,24). The van der Waals surface area contributed by atoms with E-state index in [2.05, 4.69) is 9.71 Å². The molecule has 1 amide bonds. The van der Waals surface area contributed by atoms with Crippen LogP contribution in [0, 0.1) is 0 Å². The maximum atomic E-state index is 13.1. The predicted molar refractivity (Wildman–Crippen MR) is 122 cm³/mol. The number of sulfonamides is 2. The topological polar surface area (TPSA) is 116 Å². The zero-order chi connectivity index (χ0) is 23.2. The minimum Gasteiger partial charge on any atom is -0.338 e. The van der Waals surface area contributed by atoms with Gasteiger partial charge in [-0.15, -0.1) is 0 Å². The highest BCUT2D eigenvalue weighted by Crippen LogP contribution is 2.27. The largest absolute Gasteiger partial charge is 0.338 e. The molecule has 1 fully saturated rings. The van der Waals surface area contributed by atoms with Gasteiger partial charge in [-0.25, -0.2) is 16.8 Å². The Morgan fingerprint density at radius 1 is 1.00 bits per heavy atom. The highest BCUT2D eigenvalue weighted by Gasteiger charge is 2.32. The normalized spacial score (nSPS) is 21.0. The molecule has 2 heterocycles. The molecule has 0 saturated carbocycles. The van der Waals surface area contributed by atoms with Crippen LogP contribution in [0.5, 0.6) is 0 Å². The van der Waals surface area contributed by atoms with Crippen LogP contribution >= 0.6 is 0 Å². The number of piperazine rings is 1. The van der Waals surface area contributed by atoms with Gasteiger partial charge in [0.25, 0.3) is 10.0 Å². The van der Waals surface area contributed by atoms with E-state index in [0.717, 1.165) is 24.8 Å². The lowest BCUT2D eigenvalue weighted by atomic mass is 10.1. The van der Waals surface area contributed by atoms with Crippen molar-refractivity contribution in [3.63, 3.8) is 0 Å². The number of benzene rings is 2. The molecule has 0 bridgehead atoms. The second kappa shape index (κ2) is 8.23. The van der Waals surface area contributed by atoms with Gasteiger partial charge < -0.3 is 4.90 Å². The van der Waals surface area contributed by atoms with Crippen LogP contribution in [-0.2, 0) is 37.7 Å². The molecule has 3 aliphatic rings. The molecule has 11 heteroatoms. The van der Waals surface area contributed by atoms with Gasteiger partial charge in [-0.05, 0) is 54.7 Å². The lowest BCUT2D eigenvalue weighted by Gasteiger charge is -2.33. The molecule has 33 heavy (non-hydrogen) atoms. The average Bonchev–Trinajstić information content (AvgIpc) is 3.39. The van der Waals surface area contributed by atoms with Gasteiger partial charge in [0.1, 0.15) is 12.4 Å². The van der Waals surface area contributed by atoms with E-state index in [4.69, 9.17) is 0 Å². The number of nitrogens with zero attached hydrogens (tertiary/aromatic N) is 3. The molecule has 2 aromatic rings. The molecule has 0 unspecified atom stereocenters. The summed E-state index contributed by atoms with van der Waals surface area (Å²) in [4.78, 5) is 18.9. The number of hydrogen-bond donors (Lipinski definition) is 1. The Kier molecular flexibility index (Phi) is 5.50. The van der Waals surface area contributed by atoms with Crippen molar-refractivity contribution in [3.8, 4) is 0 Å². The van der Waals surface area contributed by atoms with Gasteiger partial charge in [0.05, 0.1) is 9.79 Å². The molecule has 1 N–H and O–H groups in total. The number of aryl methyl sites for hydroxylation is 2. The zero-order valence-corrected chi connectivity index (χ0v) is 19.5. The van der Waals surface area contributed by atoms with Crippen LogP contribution in [0.2, 0.25) is 0 Å². The maximum absolute atomic E-state index is 13.1. The molecule has 9 nitrogen and oxygen atoms in total. The van der Waals surface area contributed by atoms with Crippen LogP contribution < -0.4 is 4.72 Å². The Balaban J connectivity index is 1.23. The van der Waals surface area contributed by atoms with Crippen LogP contribution in [0.4, 0.5) is 0 Å². The Morgan fingerprint density at radius 2 is 1.73 bits per heavy atom. The SMILES string of the molecule is O=C(CN=C1NS(=O)(=O)c2ccccc21)N1CCN(S(=O)(=O)c2ccc3c(c2)CCC3)CC1. The number of nitrogens with one attached hydrogen (secondary N) is 1. The molecule has 0 radical (unpaired) electrons. The minimum absolute atomic E-state index is 0.140. The van der Waals surface area contributed by atoms with Crippen molar-refractivity contribution in [2.75, 3.05) is 32.7 Å². The minimum atomic E-state index is -3.66. The first-order valence-corrected chi connectivity index (χ1v) is 13.7. The second-order valence-electron chi connectivity index (χ2n) is 8.34. The first-order chi connectivity index (χ1) is 15.8. The quantitative estimate of drug-likeness (QED) is 0.682. The third-order valence-corrected chi connectivity index (χ3v) is 9.63. The lowest BCUT2D eigenvalue weighted by molar-refractivity contribution is -0.130. The van der Waals surface area contributed by atoms with Crippen molar-refractivity contribution < 1.29 is 21.6 Å².